The summed E-state index contributed by atoms with van der Waals surface area (Å²) in [6, 6.07) is 0.404. The van der Waals surface area contributed by atoms with Crippen molar-refractivity contribution in [2.24, 2.45) is 0 Å². The van der Waals surface area contributed by atoms with Crippen molar-refractivity contribution in [2.45, 2.75) is 46.2 Å². The van der Waals surface area contributed by atoms with Gasteiger partial charge in [-0.1, -0.05) is 0 Å². The van der Waals surface area contributed by atoms with Crippen molar-refractivity contribution in [1.29, 1.82) is 0 Å². The first-order chi connectivity index (χ1) is 9.02. The van der Waals surface area contributed by atoms with Crippen LogP contribution in [0.2, 0.25) is 0 Å². The van der Waals surface area contributed by atoms with Crippen LogP contribution in [0, 0.1) is 0 Å². The molecule has 19 heavy (non-hydrogen) atoms. The van der Waals surface area contributed by atoms with Crippen molar-refractivity contribution >= 4 is 5.78 Å². The number of nitrogens with zero attached hydrogens (tertiary/aromatic N) is 2. The Kier molecular flexibility index (Phi) is 8.45. The summed E-state index contributed by atoms with van der Waals surface area (Å²) < 4.78 is 3.99. The van der Waals surface area contributed by atoms with Crippen molar-refractivity contribution in [3.63, 3.8) is 0 Å². The predicted molar refractivity (Wildman–Crippen MR) is 75.9 cm³/mol. The standard InChI is InChI=1S/C14H29IN3O/c1-5-15-18-10-8-17(9-11-18)7-6-14(13(4)19)16-12(2)3/h12,14,16H,5-11H2,1-4H3/q-1/t14-/m0/s1. The molecule has 0 amide bonds. The third-order valence-corrected chi connectivity index (χ3v) is 5.98. The minimum absolute atomic E-state index is 0.0288. The van der Waals surface area contributed by atoms with E-state index < -0.39 is 0 Å². The van der Waals surface area contributed by atoms with Crippen LogP contribution >= 0.6 is 0 Å². The van der Waals surface area contributed by atoms with E-state index in [2.05, 4.69) is 34.1 Å². The van der Waals surface area contributed by atoms with Crippen LogP contribution in [0.4, 0.5) is 0 Å². The second-order valence-corrected chi connectivity index (χ2v) is 8.98. The molecule has 0 bridgehead atoms. The average Bonchev–Trinajstić information content (AvgIpc) is 2.36. The van der Waals surface area contributed by atoms with E-state index >= 15 is 0 Å². The SMILES string of the molecule is CC[I-]N1CCN(CC[C@H](NC(C)C)C(C)=O)CC1. The van der Waals surface area contributed by atoms with Gasteiger partial charge in [-0.15, -0.1) is 0 Å². The van der Waals surface area contributed by atoms with Gasteiger partial charge in [-0.2, -0.15) is 0 Å². The van der Waals surface area contributed by atoms with Crippen LogP contribution < -0.4 is 26.8 Å². The van der Waals surface area contributed by atoms with Gasteiger partial charge in [-0.05, 0) is 0 Å². The topological polar surface area (TPSA) is 35.6 Å². The Morgan fingerprint density at radius 2 is 1.89 bits per heavy atom. The van der Waals surface area contributed by atoms with Crippen molar-refractivity contribution < 1.29 is 26.3 Å². The summed E-state index contributed by atoms with van der Waals surface area (Å²) in [7, 11) is 0. The maximum atomic E-state index is 11.6. The Balaban J connectivity index is 2.26. The number of halogens is 1. The van der Waals surface area contributed by atoms with Crippen molar-refractivity contribution in [1.82, 2.24) is 13.3 Å². The van der Waals surface area contributed by atoms with Crippen LogP contribution in [-0.4, -0.2) is 63.0 Å². The molecule has 0 saturated carbocycles. The van der Waals surface area contributed by atoms with E-state index in [-0.39, 0.29) is 33.3 Å². The van der Waals surface area contributed by atoms with Gasteiger partial charge in [0.2, 0.25) is 0 Å². The summed E-state index contributed by atoms with van der Waals surface area (Å²) in [4.78, 5) is 14.1. The Hall–Kier alpha value is 0.280. The summed E-state index contributed by atoms with van der Waals surface area (Å²) in [5, 5.41) is 3.37. The van der Waals surface area contributed by atoms with Crippen LogP contribution in [-0.2, 0) is 4.79 Å². The quantitative estimate of drug-likeness (QED) is 0.299. The summed E-state index contributed by atoms with van der Waals surface area (Å²) in [5.74, 6) is 0.268. The minimum atomic E-state index is 0.0288. The summed E-state index contributed by atoms with van der Waals surface area (Å²) in [6.45, 7) is 14.0. The monoisotopic (exact) mass is 382 g/mol. The molecule has 1 heterocycles. The number of nitrogens with one attached hydrogen (secondary N) is 1. The zero-order chi connectivity index (χ0) is 14.3. The fourth-order valence-corrected chi connectivity index (χ4v) is 4.43. The molecular formula is C14H29IN3O-. The molecule has 0 unspecified atom stereocenters. The average molecular weight is 382 g/mol. The fraction of sp³-hybridized carbons (Fsp3) is 0.929. The fourth-order valence-electron chi connectivity index (χ4n) is 2.35. The zero-order valence-electron chi connectivity index (χ0n) is 12.8. The number of hydrogen-bond acceptors (Lipinski definition) is 4. The first-order valence-corrected chi connectivity index (χ1v) is 9.85. The van der Waals surface area contributed by atoms with E-state index in [0.717, 1.165) is 13.0 Å². The third kappa shape index (κ3) is 7.02. The van der Waals surface area contributed by atoms with E-state index in [1.165, 1.54) is 30.6 Å². The molecule has 0 aromatic rings. The second kappa shape index (κ2) is 9.26. The molecule has 0 spiro atoms. The molecule has 1 aliphatic rings. The van der Waals surface area contributed by atoms with Gasteiger partial charge in [0.05, 0.1) is 0 Å². The van der Waals surface area contributed by atoms with Crippen LogP contribution in [0.5, 0.6) is 0 Å². The molecule has 1 fully saturated rings. The van der Waals surface area contributed by atoms with E-state index in [4.69, 9.17) is 0 Å². The molecule has 1 saturated heterocycles. The Morgan fingerprint density at radius 3 is 2.37 bits per heavy atom. The van der Waals surface area contributed by atoms with Crippen LogP contribution in [0.3, 0.4) is 0 Å². The summed E-state index contributed by atoms with van der Waals surface area (Å²) in [5.41, 5.74) is 0. The van der Waals surface area contributed by atoms with Gasteiger partial charge in [-0.25, -0.2) is 0 Å². The number of alkyl halides is 1. The van der Waals surface area contributed by atoms with E-state index in [9.17, 15) is 4.79 Å². The number of Topliss-reactive ketones (excluding diaryl/α,β-unsaturated/α-hetero) is 1. The van der Waals surface area contributed by atoms with Gasteiger partial charge >= 0.3 is 129 Å². The molecule has 0 aromatic heterocycles. The number of ketones is 1. The zero-order valence-corrected chi connectivity index (χ0v) is 14.9. The number of hydrogen-bond donors (Lipinski definition) is 1. The van der Waals surface area contributed by atoms with E-state index in [1.807, 2.05) is 0 Å². The van der Waals surface area contributed by atoms with E-state index in [1.54, 1.807) is 6.92 Å². The Bertz CT molecular complexity index is 265. The van der Waals surface area contributed by atoms with Gasteiger partial charge in [0.15, 0.2) is 0 Å². The number of carbonyl (C=O) groups is 1. The van der Waals surface area contributed by atoms with Crippen molar-refractivity contribution in [3.05, 3.63) is 0 Å². The van der Waals surface area contributed by atoms with Gasteiger partial charge in [0, 0.05) is 0 Å². The van der Waals surface area contributed by atoms with Gasteiger partial charge < -0.3 is 0 Å². The second-order valence-electron chi connectivity index (χ2n) is 5.41. The van der Waals surface area contributed by atoms with Crippen LogP contribution in [0.15, 0.2) is 0 Å². The molecule has 0 aromatic carbocycles. The van der Waals surface area contributed by atoms with Crippen molar-refractivity contribution in [3.8, 4) is 0 Å². The first-order valence-electron chi connectivity index (χ1n) is 7.36. The number of carbonyl (C=O) groups excluding carboxylic acids is 1. The molecular weight excluding hydrogens is 353 g/mol. The maximum absolute atomic E-state index is 11.6. The number of piperazine rings is 1. The van der Waals surface area contributed by atoms with Gasteiger partial charge in [0.25, 0.3) is 0 Å². The molecule has 1 rings (SSSR count). The first kappa shape index (κ1) is 17.3. The molecule has 1 atom stereocenters. The number of rotatable bonds is 8. The Morgan fingerprint density at radius 1 is 1.26 bits per heavy atom. The molecule has 114 valence electrons. The third-order valence-electron chi connectivity index (χ3n) is 3.37. The molecule has 0 radical (unpaired) electrons. The molecule has 1 N–H and O–H groups in total. The predicted octanol–water partition coefficient (Wildman–Crippen LogP) is -2.03. The van der Waals surface area contributed by atoms with Crippen LogP contribution in [0.1, 0.15) is 34.1 Å². The van der Waals surface area contributed by atoms with Crippen LogP contribution in [0.25, 0.3) is 0 Å². The molecule has 4 nitrogen and oxygen atoms in total. The summed E-state index contributed by atoms with van der Waals surface area (Å²) in [6.07, 6.45) is 0.941. The molecule has 1 aliphatic heterocycles. The van der Waals surface area contributed by atoms with Gasteiger partial charge in [0.1, 0.15) is 0 Å². The summed E-state index contributed by atoms with van der Waals surface area (Å²) >= 11 is 0.282. The molecule has 5 heteroatoms. The van der Waals surface area contributed by atoms with Crippen molar-refractivity contribution in [2.75, 3.05) is 37.2 Å². The normalized spacial score (nSPS) is 20.1. The Labute approximate surface area is 128 Å². The van der Waals surface area contributed by atoms with Gasteiger partial charge in [-0.3, -0.25) is 0 Å². The van der Waals surface area contributed by atoms with E-state index in [0.29, 0.717) is 6.04 Å². The molecule has 0 aliphatic carbocycles.